The zero-order chi connectivity index (χ0) is 38.7. The quantitative estimate of drug-likeness (QED) is 0.151. The molecule has 0 saturated carbocycles. The van der Waals surface area contributed by atoms with E-state index in [9.17, 15) is 0 Å². The van der Waals surface area contributed by atoms with Gasteiger partial charge in [-0.25, -0.2) is 15.0 Å². The van der Waals surface area contributed by atoms with Gasteiger partial charge in [-0.1, -0.05) is 133 Å². The Balaban J connectivity index is 1.14. The largest absolute Gasteiger partial charge is 0.456 e. The number of para-hydroxylation sites is 1. The molecule has 0 amide bonds. The summed E-state index contributed by atoms with van der Waals surface area (Å²) in [4.78, 5) is 17.8. The molecule has 0 aliphatic carbocycles. The van der Waals surface area contributed by atoms with E-state index in [-0.39, 0.29) is 12.0 Å². The first-order valence-corrected chi connectivity index (χ1v) is 20.4. The van der Waals surface area contributed by atoms with Crippen molar-refractivity contribution in [2.45, 2.75) is 18.9 Å². The summed E-state index contributed by atoms with van der Waals surface area (Å²) < 4.78 is 9.00. The Morgan fingerprint density at radius 3 is 1.88 bits per heavy atom. The van der Waals surface area contributed by atoms with Gasteiger partial charge < -0.3 is 9.32 Å². The average Bonchev–Trinajstić information content (AvgIpc) is 3.96. The van der Waals surface area contributed by atoms with E-state index in [0.29, 0.717) is 17.5 Å². The SMILES string of the molecule is C=CC1c2ccccc2N(c2ccc3oc4cccc(-c5cccc6sc7cccc(-c8nc(-c9ccccc9)nc(-c9ccccc9)n8)c7c56)c4c3c2)C1/C=C\C. The fraction of sp³-hybridized carbons (Fsp3) is 0.0577. The Labute approximate surface area is 339 Å². The van der Waals surface area contributed by atoms with Gasteiger partial charge >= 0.3 is 0 Å². The first-order valence-electron chi connectivity index (χ1n) is 19.6. The van der Waals surface area contributed by atoms with Crippen LogP contribution in [-0.4, -0.2) is 21.0 Å². The van der Waals surface area contributed by atoms with Gasteiger partial charge in [0.15, 0.2) is 17.5 Å². The van der Waals surface area contributed by atoms with E-state index in [2.05, 4.69) is 158 Å². The second-order valence-corrected chi connectivity index (χ2v) is 15.7. The first-order chi connectivity index (χ1) is 28.7. The zero-order valence-electron chi connectivity index (χ0n) is 31.7. The topological polar surface area (TPSA) is 55.1 Å². The number of furan rings is 1. The van der Waals surface area contributed by atoms with Crippen LogP contribution in [0.3, 0.4) is 0 Å². The second-order valence-electron chi connectivity index (χ2n) is 14.7. The molecule has 0 fully saturated rings. The molecule has 1 aliphatic heterocycles. The summed E-state index contributed by atoms with van der Waals surface area (Å²) >= 11 is 1.80. The van der Waals surface area contributed by atoms with Crippen molar-refractivity contribution in [2.75, 3.05) is 4.90 Å². The van der Waals surface area contributed by atoms with E-state index in [1.54, 1.807) is 11.3 Å². The minimum absolute atomic E-state index is 0.111. The standard InChI is InChI=1S/C52H36N4OS/c1-3-16-41-35(4-2)36-21-11-12-25-42(36)56(41)34-29-30-43-40(31-34)47-37(22-13-26-44(47)57-43)38-23-14-27-45-48(38)49-39(24-15-28-46(49)58-45)52-54-50(32-17-7-5-8-18-32)53-51(55-52)33-19-9-6-10-20-33/h3-31,35,41H,2H2,1H3/b16-3-. The highest BCUT2D eigenvalue weighted by atomic mass is 32.1. The van der Waals surface area contributed by atoms with Crippen molar-refractivity contribution < 1.29 is 4.42 Å². The number of hydrogen-bond acceptors (Lipinski definition) is 6. The van der Waals surface area contributed by atoms with E-state index in [1.165, 1.54) is 26.0 Å². The Morgan fingerprint density at radius 2 is 1.19 bits per heavy atom. The van der Waals surface area contributed by atoms with E-state index >= 15 is 0 Å². The van der Waals surface area contributed by atoms with Gasteiger partial charge in [0.25, 0.3) is 0 Å². The maximum absolute atomic E-state index is 6.63. The van der Waals surface area contributed by atoms with Crippen LogP contribution in [0.25, 0.3) is 87.4 Å². The van der Waals surface area contributed by atoms with E-state index < -0.39 is 0 Å². The molecule has 6 heteroatoms. The minimum Gasteiger partial charge on any atom is -0.456 e. The molecule has 1 aliphatic rings. The molecule has 58 heavy (non-hydrogen) atoms. The molecule has 0 saturated heterocycles. The molecule has 4 heterocycles. The lowest BCUT2D eigenvalue weighted by Crippen LogP contribution is -2.27. The molecule has 276 valence electrons. The number of anilines is 2. The summed E-state index contributed by atoms with van der Waals surface area (Å²) in [5.41, 5.74) is 10.4. The minimum atomic E-state index is 0.111. The average molecular weight is 765 g/mol. The number of benzene rings is 7. The molecule has 0 N–H and O–H groups in total. The number of allylic oxidation sites excluding steroid dienone is 1. The molecule has 2 atom stereocenters. The zero-order valence-corrected chi connectivity index (χ0v) is 32.5. The Bertz CT molecular complexity index is 3180. The molecule has 10 aromatic rings. The Kier molecular flexibility index (Phi) is 8.12. The van der Waals surface area contributed by atoms with Crippen LogP contribution in [-0.2, 0) is 0 Å². The van der Waals surface area contributed by atoms with Crippen LogP contribution in [0.15, 0.2) is 187 Å². The van der Waals surface area contributed by atoms with Gasteiger partial charge in [-0.05, 0) is 66.1 Å². The summed E-state index contributed by atoms with van der Waals surface area (Å²) in [5.74, 6) is 2.10. The molecular formula is C52H36N4OS. The van der Waals surface area contributed by atoms with Gasteiger partial charge in [0.2, 0.25) is 0 Å². The van der Waals surface area contributed by atoms with Crippen molar-refractivity contribution in [3.05, 3.63) is 188 Å². The maximum Gasteiger partial charge on any atom is 0.164 e. The van der Waals surface area contributed by atoms with Crippen LogP contribution in [0.2, 0.25) is 0 Å². The number of aromatic nitrogens is 3. The van der Waals surface area contributed by atoms with Gasteiger partial charge in [-0.3, -0.25) is 0 Å². The highest BCUT2D eigenvalue weighted by molar-refractivity contribution is 7.26. The number of thiophene rings is 1. The third-order valence-electron chi connectivity index (χ3n) is 11.4. The van der Waals surface area contributed by atoms with Gasteiger partial charge in [0, 0.05) is 64.9 Å². The molecular weight excluding hydrogens is 729 g/mol. The fourth-order valence-electron chi connectivity index (χ4n) is 8.87. The van der Waals surface area contributed by atoms with Crippen LogP contribution in [0.5, 0.6) is 0 Å². The van der Waals surface area contributed by atoms with Gasteiger partial charge in [-0.15, -0.1) is 17.9 Å². The highest BCUT2D eigenvalue weighted by Gasteiger charge is 2.36. The third kappa shape index (κ3) is 5.41. The Morgan fingerprint density at radius 1 is 0.586 bits per heavy atom. The van der Waals surface area contributed by atoms with Crippen LogP contribution in [0.4, 0.5) is 11.4 Å². The normalized spacial score (nSPS) is 15.3. The van der Waals surface area contributed by atoms with Crippen molar-refractivity contribution in [3.63, 3.8) is 0 Å². The monoisotopic (exact) mass is 764 g/mol. The van der Waals surface area contributed by atoms with E-state index in [4.69, 9.17) is 19.4 Å². The van der Waals surface area contributed by atoms with Gasteiger partial charge in [-0.2, -0.15) is 0 Å². The van der Waals surface area contributed by atoms with Crippen LogP contribution in [0, 0.1) is 0 Å². The van der Waals surface area contributed by atoms with E-state index in [0.717, 1.165) is 60.8 Å². The maximum atomic E-state index is 6.63. The Hall–Kier alpha value is -7.15. The number of rotatable bonds is 7. The molecule has 2 unspecified atom stereocenters. The predicted octanol–water partition coefficient (Wildman–Crippen LogP) is 14.2. The van der Waals surface area contributed by atoms with Crippen molar-refractivity contribution in [1.82, 2.24) is 15.0 Å². The van der Waals surface area contributed by atoms with E-state index in [1.807, 2.05) is 36.4 Å². The summed E-state index contributed by atoms with van der Waals surface area (Å²) in [7, 11) is 0. The van der Waals surface area contributed by atoms with Gasteiger partial charge in [0.05, 0.1) is 6.04 Å². The predicted molar refractivity (Wildman–Crippen MR) is 242 cm³/mol. The lowest BCUT2D eigenvalue weighted by Gasteiger charge is -2.27. The highest BCUT2D eigenvalue weighted by Crippen LogP contribution is 2.49. The third-order valence-corrected chi connectivity index (χ3v) is 12.5. The number of nitrogens with zero attached hydrogens (tertiary/aromatic N) is 4. The van der Waals surface area contributed by atoms with Crippen LogP contribution in [0.1, 0.15) is 18.4 Å². The van der Waals surface area contributed by atoms with Crippen molar-refractivity contribution >= 4 is 64.8 Å². The first kappa shape index (κ1) is 34.1. The molecule has 7 aromatic carbocycles. The van der Waals surface area contributed by atoms with Gasteiger partial charge in [0.1, 0.15) is 11.2 Å². The summed E-state index contributed by atoms with van der Waals surface area (Å²) in [6.07, 6.45) is 6.51. The van der Waals surface area contributed by atoms with Crippen molar-refractivity contribution in [2.24, 2.45) is 0 Å². The molecule has 5 nitrogen and oxygen atoms in total. The smallest absolute Gasteiger partial charge is 0.164 e. The summed E-state index contributed by atoms with van der Waals surface area (Å²) in [5, 5.41) is 4.48. The lowest BCUT2D eigenvalue weighted by atomic mass is 9.93. The van der Waals surface area contributed by atoms with Crippen LogP contribution >= 0.6 is 11.3 Å². The van der Waals surface area contributed by atoms with Crippen molar-refractivity contribution in [3.8, 4) is 45.3 Å². The number of fused-ring (bicyclic) bond motifs is 7. The number of hydrogen-bond donors (Lipinski definition) is 0. The molecule has 0 radical (unpaired) electrons. The molecule has 0 bridgehead atoms. The molecule has 11 rings (SSSR count). The lowest BCUT2D eigenvalue weighted by molar-refractivity contribution is 0.669. The summed E-state index contributed by atoms with van der Waals surface area (Å²) in [6, 6.07) is 55.2. The molecule has 3 aromatic heterocycles. The summed E-state index contributed by atoms with van der Waals surface area (Å²) in [6.45, 7) is 6.34. The fourth-order valence-corrected chi connectivity index (χ4v) is 10.0. The second kappa shape index (κ2) is 13.8. The van der Waals surface area contributed by atoms with Crippen molar-refractivity contribution in [1.29, 1.82) is 0 Å². The van der Waals surface area contributed by atoms with Crippen LogP contribution < -0.4 is 4.90 Å². The molecule has 0 spiro atoms.